The van der Waals surface area contributed by atoms with E-state index >= 15 is 0 Å². The van der Waals surface area contributed by atoms with Crippen molar-refractivity contribution in [2.24, 2.45) is 0 Å². The maximum Gasteiger partial charge on any atom is 0.342 e. The van der Waals surface area contributed by atoms with Gasteiger partial charge < -0.3 is 9.47 Å². The summed E-state index contributed by atoms with van der Waals surface area (Å²) >= 11 is 0. The maximum atomic E-state index is 12.8. The van der Waals surface area contributed by atoms with Crippen LogP contribution in [0, 0.1) is 0 Å². The SMILES string of the molecule is CCC=C(C)C(CCCCC)OC(=O)c1ccccc1OCCCCC. The second-order valence-corrected chi connectivity index (χ2v) is 6.80. The predicted octanol–water partition coefficient (Wildman–Crippen LogP) is 6.72. The molecule has 1 aromatic rings. The highest BCUT2D eigenvalue weighted by atomic mass is 16.5. The Hall–Kier alpha value is -1.77. The molecule has 0 aliphatic heterocycles. The van der Waals surface area contributed by atoms with Crippen LogP contribution in [-0.2, 0) is 4.74 Å². The molecule has 1 aromatic carbocycles. The Labute approximate surface area is 159 Å². The summed E-state index contributed by atoms with van der Waals surface area (Å²) in [5, 5.41) is 0. The molecule has 1 unspecified atom stereocenters. The smallest absolute Gasteiger partial charge is 0.342 e. The molecule has 0 saturated carbocycles. The summed E-state index contributed by atoms with van der Waals surface area (Å²) in [4.78, 5) is 12.8. The Bertz CT molecular complexity index is 548. The lowest BCUT2D eigenvalue weighted by atomic mass is 10.0. The number of carbonyl (C=O) groups excluding carboxylic acids is 1. The van der Waals surface area contributed by atoms with Crippen molar-refractivity contribution in [2.75, 3.05) is 6.61 Å². The quantitative estimate of drug-likeness (QED) is 0.222. The van der Waals surface area contributed by atoms with Crippen LogP contribution >= 0.6 is 0 Å². The lowest BCUT2D eigenvalue weighted by molar-refractivity contribution is 0.0349. The van der Waals surface area contributed by atoms with Crippen molar-refractivity contribution < 1.29 is 14.3 Å². The topological polar surface area (TPSA) is 35.5 Å². The highest BCUT2D eigenvalue weighted by molar-refractivity contribution is 5.92. The third kappa shape index (κ3) is 8.07. The molecular weight excluding hydrogens is 324 g/mol. The molecule has 0 heterocycles. The van der Waals surface area contributed by atoms with Crippen molar-refractivity contribution in [3.8, 4) is 5.75 Å². The van der Waals surface area contributed by atoms with Gasteiger partial charge >= 0.3 is 5.97 Å². The molecule has 146 valence electrons. The van der Waals surface area contributed by atoms with Gasteiger partial charge in [0, 0.05) is 0 Å². The summed E-state index contributed by atoms with van der Waals surface area (Å²) in [7, 11) is 0. The van der Waals surface area contributed by atoms with Gasteiger partial charge in [0.15, 0.2) is 0 Å². The molecule has 0 amide bonds. The van der Waals surface area contributed by atoms with Crippen LogP contribution in [0.3, 0.4) is 0 Å². The Kier molecular flexibility index (Phi) is 11.5. The number of hydrogen-bond donors (Lipinski definition) is 0. The van der Waals surface area contributed by atoms with Crippen LogP contribution < -0.4 is 4.74 Å². The number of para-hydroxylation sites is 1. The lowest BCUT2D eigenvalue weighted by Gasteiger charge is -2.20. The second kappa shape index (κ2) is 13.4. The van der Waals surface area contributed by atoms with E-state index in [1.54, 1.807) is 6.07 Å². The molecule has 1 rings (SSSR count). The van der Waals surface area contributed by atoms with Gasteiger partial charge in [0.2, 0.25) is 0 Å². The van der Waals surface area contributed by atoms with Crippen LogP contribution in [0.1, 0.15) is 89.4 Å². The minimum atomic E-state index is -0.290. The van der Waals surface area contributed by atoms with Crippen molar-refractivity contribution in [1.29, 1.82) is 0 Å². The molecule has 26 heavy (non-hydrogen) atoms. The zero-order chi connectivity index (χ0) is 19.2. The molecule has 0 aromatic heterocycles. The molecule has 0 saturated heterocycles. The number of hydrogen-bond acceptors (Lipinski definition) is 3. The van der Waals surface area contributed by atoms with Gasteiger partial charge in [-0.1, -0.05) is 64.7 Å². The first-order chi connectivity index (χ1) is 12.6. The maximum absolute atomic E-state index is 12.8. The van der Waals surface area contributed by atoms with E-state index in [9.17, 15) is 4.79 Å². The van der Waals surface area contributed by atoms with Gasteiger partial charge in [-0.2, -0.15) is 0 Å². The average molecular weight is 361 g/mol. The minimum Gasteiger partial charge on any atom is -0.493 e. The Balaban J connectivity index is 2.79. The summed E-state index contributed by atoms with van der Waals surface area (Å²) < 4.78 is 11.7. The molecule has 0 bridgehead atoms. The first-order valence-corrected chi connectivity index (χ1v) is 10.2. The van der Waals surface area contributed by atoms with Crippen molar-refractivity contribution >= 4 is 5.97 Å². The third-order valence-electron chi connectivity index (χ3n) is 4.47. The number of rotatable bonds is 13. The third-order valence-corrected chi connectivity index (χ3v) is 4.47. The Morgan fingerprint density at radius 1 is 1.04 bits per heavy atom. The normalized spacial score (nSPS) is 12.7. The molecule has 0 N–H and O–H groups in total. The van der Waals surface area contributed by atoms with Crippen molar-refractivity contribution in [2.45, 2.75) is 85.2 Å². The zero-order valence-corrected chi connectivity index (χ0v) is 17.1. The van der Waals surface area contributed by atoms with E-state index in [0.717, 1.165) is 56.9 Å². The first-order valence-electron chi connectivity index (χ1n) is 10.2. The number of benzene rings is 1. The number of carbonyl (C=O) groups is 1. The van der Waals surface area contributed by atoms with Gasteiger partial charge in [-0.15, -0.1) is 0 Å². The minimum absolute atomic E-state index is 0.151. The van der Waals surface area contributed by atoms with E-state index in [1.807, 2.05) is 18.2 Å². The van der Waals surface area contributed by atoms with Gasteiger partial charge in [0.25, 0.3) is 0 Å². The number of esters is 1. The van der Waals surface area contributed by atoms with Gasteiger partial charge in [0.05, 0.1) is 6.61 Å². The largest absolute Gasteiger partial charge is 0.493 e. The highest BCUT2D eigenvalue weighted by Crippen LogP contribution is 2.23. The van der Waals surface area contributed by atoms with Gasteiger partial charge in [-0.3, -0.25) is 0 Å². The fraction of sp³-hybridized carbons (Fsp3) is 0.609. The van der Waals surface area contributed by atoms with E-state index in [0.29, 0.717) is 17.9 Å². The highest BCUT2D eigenvalue weighted by Gasteiger charge is 2.20. The molecule has 0 spiro atoms. The lowest BCUT2D eigenvalue weighted by Crippen LogP contribution is -2.20. The number of unbranched alkanes of at least 4 members (excludes halogenated alkanes) is 4. The molecule has 0 radical (unpaired) electrons. The summed E-state index contributed by atoms with van der Waals surface area (Å²) in [5.74, 6) is 0.333. The Morgan fingerprint density at radius 2 is 1.73 bits per heavy atom. The van der Waals surface area contributed by atoms with Crippen molar-refractivity contribution in [3.05, 3.63) is 41.5 Å². The average Bonchev–Trinajstić information content (AvgIpc) is 2.65. The van der Waals surface area contributed by atoms with E-state index in [2.05, 4.69) is 33.8 Å². The van der Waals surface area contributed by atoms with Gasteiger partial charge in [-0.25, -0.2) is 4.79 Å². The monoisotopic (exact) mass is 360 g/mol. The van der Waals surface area contributed by atoms with Crippen LogP contribution in [0.5, 0.6) is 5.75 Å². The molecule has 0 aliphatic rings. The van der Waals surface area contributed by atoms with Crippen LogP contribution in [0.15, 0.2) is 35.9 Å². The molecular formula is C23H36O3. The predicted molar refractivity (Wildman–Crippen MR) is 109 cm³/mol. The van der Waals surface area contributed by atoms with E-state index < -0.39 is 0 Å². The second-order valence-electron chi connectivity index (χ2n) is 6.80. The summed E-state index contributed by atoms with van der Waals surface area (Å²) in [5.41, 5.74) is 1.66. The zero-order valence-electron chi connectivity index (χ0n) is 17.1. The van der Waals surface area contributed by atoms with Gasteiger partial charge in [-0.05, 0) is 50.3 Å². The van der Waals surface area contributed by atoms with Crippen molar-refractivity contribution in [1.82, 2.24) is 0 Å². The van der Waals surface area contributed by atoms with Crippen LogP contribution in [0.25, 0.3) is 0 Å². The van der Waals surface area contributed by atoms with Crippen molar-refractivity contribution in [3.63, 3.8) is 0 Å². The van der Waals surface area contributed by atoms with Gasteiger partial charge in [0.1, 0.15) is 17.4 Å². The van der Waals surface area contributed by atoms with Crippen LogP contribution in [-0.4, -0.2) is 18.7 Å². The molecule has 0 fully saturated rings. The molecule has 0 aliphatic carbocycles. The Morgan fingerprint density at radius 3 is 2.42 bits per heavy atom. The first kappa shape index (κ1) is 22.3. The fourth-order valence-corrected chi connectivity index (χ4v) is 2.90. The van der Waals surface area contributed by atoms with Crippen LogP contribution in [0.2, 0.25) is 0 Å². The van der Waals surface area contributed by atoms with E-state index in [1.165, 1.54) is 0 Å². The summed E-state index contributed by atoms with van der Waals surface area (Å²) in [6, 6.07) is 7.39. The molecule has 3 heteroatoms. The summed E-state index contributed by atoms with van der Waals surface area (Å²) in [6.45, 7) is 9.14. The number of ether oxygens (including phenoxy) is 2. The van der Waals surface area contributed by atoms with E-state index in [4.69, 9.17) is 9.47 Å². The summed E-state index contributed by atoms with van der Waals surface area (Å²) in [6.07, 6.45) is 10.5. The standard InChI is InChI=1S/C23H36O3/c1-5-8-10-16-21(19(4)14-7-3)26-23(24)20-15-11-12-17-22(20)25-18-13-9-6-2/h11-12,14-15,17,21H,5-10,13,16,18H2,1-4H3. The number of allylic oxidation sites excluding steroid dienone is 1. The van der Waals surface area contributed by atoms with E-state index in [-0.39, 0.29) is 12.1 Å². The molecule has 1 atom stereocenters. The molecule has 3 nitrogen and oxygen atoms in total. The fourth-order valence-electron chi connectivity index (χ4n) is 2.90. The van der Waals surface area contributed by atoms with Crippen LogP contribution in [0.4, 0.5) is 0 Å².